The van der Waals surface area contributed by atoms with Crippen molar-refractivity contribution in [3.05, 3.63) is 35.3 Å². The van der Waals surface area contributed by atoms with Gasteiger partial charge in [-0.05, 0) is 12.1 Å². The molecule has 94 valence electrons. The number of aromatic hydroxyl groups is 1. The number of carbonyl (C=O) groups excluding carboxylic acids is 1. The van der Waals surface area contributed by atoms with Crippen LogP contribution >= 0.6 is 11.3 Å². The minimum absolute atomic E-state index is 0.221. The zero-order valence-electron chi connectivity index (χ0n) is 9.92. The lowest BCUT2D eigenvalue weighted by atomic mass is 10.2. The van der Waals surface area contributed by atoms with Crippen LogP contribution in [-0.2, 0) is 16.0 Å². The van der Waals surface area contributed by atoms with E-state index in [1.807, 2.05) is 11.4 Å². The van der Waals surface area contributed by atoms with E-state index in [9.17, 15) is 9.90 Å². The number of thiazole rings is 1. The van der Waals surface area contributed by atoms with Gasteiger partial charge in [-0.2, -0.15) is 0 Å². The molecule has 2 rings (SSSR count). The van der Waals surface area contributed by atoms with Gasteiger partial charge in [0, 0.05) is 17.4 Å². The highest BCUT2D eigenvalue weighted by atomic mass is 32.1. The molecule has 0 atom stereocenters. The Labute approximate surface area is 109 Å². The van der Waals surface area contributed by atoms with E-state index in [0.29, 0.717) is 12.8 Å². The summed E-state index contributed by atoms with van der Waals surface area (Å²) in [5, 5.41) is 12.2. The summed E-state index contributed by atoms with van der Waals surface area (Å²) in [5.41, 5.74) is 1.74. The first-order chi connectivity index (χ1) is 8.69. The fourth-order valence-electron chi connectivity index (χ4n) is 1.53. The van der Waals surface area contributed by atoms with Gasteiger partial charge in [0.2, 0.25) is 0 Å². The van der Waals surface area contributed by atoms with Gasteiger partial charge in [-0.15, -0.1) is 11.3 Å². The van der Waals surface area contributed by atoms with Crippen molar-refractivity contribution in [2.75, 3.05) is 7.11 Å². The summed E-state index contributed by atoms with van der Waals surface area (Å²) >= 11 is 1.50. The van der Waals surface area contributed by atoms with Crippen molar-refractivity contribution in [3.8, 4) is 16.3 Å². The number of esters is 1. The second kappa shape index (κ2) is 5.64. The molecule has 2 aromatic rings. The van der Waals surface area contributed by atoms with Gasteiger partial charge in [0.1, 0.15) is 10.8 Å². The number of ether oxygens (including phenoxy) is 1. The molecule has 0 amide bonds. The number of carbonyl (C=O) groups is 1. The Morgan fingerprint density at radius 3 is 3.06 bits per heavy atom. The molecule has 1 aromatic heterocycles. The highest BCUT2D eigenvalue weighted by Gasteiger charge is 2.07. The van der Waals surface area contributed by atoms with Crippen molar-refractivity contribution < 1.29 is 14.6 Å². The number of nitrogens with zero attached hydrogens (tertiary/aromatic N) is 1. The molecule has 1 aromatic carbocycles. The summed E-state index contributed by atoms with van der Waals surface area (Å²) in [5.74, 6) is -0.0132. The normalized spacial score (nSPS) is 10.3. The molecule has 0 fully saturated rings. The highest BCUT2D eigenvalue weighted by molar-refractivity contribution is 7.13. The van der Waals surface area contributed by atoms with Gasteiger partial charge in [-0.1, -0.05) is 12.1 Å². The molecular weight excluding hydrogens is 250 g/mol. The molecule has 4 nitrogen and oxygen atoms in total. The Hall–Kier alpha value is -1.88. The molecule has 0 aliphatic rings. The van der Waals surface area contributed by atoms with E-state index in [-0.39, 0.29) is 11.7 Å². The van der Waals surface area contributed by atoms with Gasteiger partial charge in [0.05, 0.1) is 19.2 Å². The van der Waals surface area contributed by atoms with Crippen LogP contribution in [0.25, 0.3) is 10.6 Å². The first kappa shape index (κ1) is 12.6. The minimum atomic E-state index is -0.234. The maximum absolute atomic E-state index is 11.0. The molecule has 0 saturated carbocycles. The van der Waals surface area contributed by atoms with Crippen LogP contribution in [0.4, 0.5) is 0 Å². The monoisotopic (exact) mass is 263 g/mol. The molecule has 1 heterocycles. The highest BCUT2D eigenvalue weighted by Crippen LogP contribution is 2.26. The lowest BCUT2D eigenvalue weighted by molar-refractivity contribution is -0.140. The zero-order valence-corrected chi connectivity index (χ0v) is 10.7. The van der Waals surface area contributed by atoms with Gasteiger partial charge < -0.3 is 9.84 Å². The van der Waals surface area contributed by atoms with E-state index >= 15 is 0 Å². The van der Waals surface area contributed by atoms with Gasteiger partial charge in [-0.25, -0.2) is 4.98 Å². The summed E-state index contributed by atoms with van der Waals surface area (Å²) in [6.45, 7) is 0. The standard InChI is InChI=1S/C13H13NO3S/c1-17-12(16)6-5-10-8-18-13(14-10)9-3-2-4-11(15)7-9/h2-4,7-8,15H,5-6H2,1H3. The summed E-state index contributed by atoms with van der Waals surface area (Å²) in [4.78, 5) is 15.5. The predicted octanol–water partition coefficient (Wildman–Crippen LogP) is 2.62. The topological polar surface area (TPSA) is 59.4 Å². The molecule has 5 heteroatoms. The number of aryl methyl sites for hydroxylation is 1. The third-order valence-corrected chi connectivity index (χ3v) is 3.40. The Bertz CT molecular complexity index is 551. The smallest absolute Gasteiger partial charge is 0.305 e. The van der Waals surface area contributed by atoms with Gasteiger partial charge in [0.15, 0.2) is 0 Å². The Kier molecular flexibility index (Phi) is 3.94. The van der Waals surface area contributed by atoms with Gasteiger partial charge >= 0.3 is 5.97 Å². The van der Waals surface area contributed by atoms with Crippen molar-refractivity contribution in [2.24, 2.45) is 0 Å². The van der Waals surface area contributed by atoms with Crippen molar-refractivity contribution in [3.63, 3.8) is 0 Å². The molecule has 18 heavy (non-hydrogen) atoms. The third kappa shape index (κ3) is 3.07. The van der Waals surface area contributed by atoms with Crippen LogP contribution in [0, 0.1) is 0 Å². The Balaban J connectivity index is 2.08. The molecular formula is C13H13NO3S. The van der Waals surface area contributed by atoms with E-state index in [0.717, 1.165) is 16.3 Å². The number of rotatable bonds is 4. The lowest BCUT2D eigenvalue weighted by Crippen LogP contribution is -2.01. The second-order valence-electron chi connectivity index (χ2n) is 3.77. The zero-order chi connectivity index (χ0) is 13.0. The van der Waals surface area contributed by atoms with Crippen LogP contribution < -0.4 is 0 Å². The van der Waals surface area contributed by atoms with Crippen LogP contribution in [0.3, 0.4) is 0 Å². The summed E-state index contributed by atoms with van der Waals surface area (Å²) in [6.07, 6.45) is 0.904. The van der Waals surface area contributed by atoms with Crippen LogP contribution in [-0.4, -0.2) is 23.2 Å². The molecule has 0 saturated heterocycles. The average Bonchev–Trinajstić information content (AvgIpc) is 2.84. The van der Waals surface area contributed by atoms with Crippen molar-refractivity contribution in [2.45, 2.75) is 12.8 Å². The number of hydrogen-bond donors (Lipinski definition) is 1. The molecule has 0 bridgehead atoms. The van der Waals surface area contributed by atoms with E-state index in [2.05, 4.69) is 9.72 Å². The van der Waals surface area contributed by atoms with Crippen LogP contribution in [0.1, 0.15) is 12.1 Å². The molecule has 0 spiro atoms. The van der Waals surface area contributed by atoms with Crippen molar-refractivity contribution >= 4 is 17.3 Å². The van der Waals surface area contributed by atoms with E-state index < -0.39 is 0 Å². The number of phenolic OH excluding ortho intramolecular Hbond substituents is 1. The summed E-state index contributed by atoms with van der Waals surface area (Å²) in [7, 11) is 1.38. The second-order valence-corrected chi connectivity index (χ2v) is 4.63. The van der Waals surface area contributed by atoms with Crippen LogP contribution in [0.5, 0.6) is 5.75 Å². The number of benzene rings is 1. The molecule has 0 radical (unpaired) electrons. The van der Waals surface area contributed by atoms with E-state index in [1.54, 1.807) is 18.2 Å². The summed E-state index contributed by atoms with van der Waals surface area (Å²) in [6, 6.07) is 6.96. The maximum atomic E-state index is 11.0. The SMILES string of the molecule is COC(=O)CCc1csc(-c2cccc(O)c2)n1. The van der Waals surface area contributed by atoms with Crippen LogP contribution in [0.2, 0.25) is 0 Å². The number of phenols is 1. The molecule has 1 N–H and O–H groups in total. The number of aromatic nitrogens is 1. The number of hydrogen-bond acceptors (Lipinski definition) is 5. The molecule has 0 aliphatic carbocycles. The Morgan fingerprint density at radius 2 is 2.33 bits per heavy atom. The third-order valence-electron chi connectivity index (χ3n) is 2.46. The Morgan fingerprint density at radius 1 is 1.50 bits per heavy atom. The van der Waals surface area contributed by atoms with E-state index in [1.165, 1.54) is 18.4 Å². The van der Waals surface area contributed by atoms with Gasteiger partial charge in [0.25, 0.3) is 0 Å². The quantitative estimate of drug-likeness (QED) is 0.861. The van der Waals surface area contributed by atoms with Crippen LogP contribution in [0.15, 0.2) is 29.6 Å². The molecule has 0 aliphatic heterocycles. The fraction of sp³-hybridized carbons (Fsp3) is 0.231. The fourth-order valence-corrected chi connectivity index (χ4v) is 2.38. The lowest BCUT2D eigenvalue weighted by Gasteiger charge is -1.97. The van der Waals surface area contributed by atoms with Gasteiger partial charge in [-0.3, -0.25) is 4.79 Å². The summed E-state index contributed by atoms with van der Waals surface area (Å²) < 4.78 is 4.58. The van der Waals surface area contributed by atoms with E-state index in [4.69, 9.17) is 0 Å². The predicted molar refractivity (Wildman–Crippen MR) is 69.6 cm³/mol. The molecule has 0 unspecified atom stereocenters. The largest absolute Gasteiger partial charge is 0.508 e. The van der Waals surface area contributed by atoms with Crippen molar-refractivity contribution in [1.82, 2.24) is 4.98 Å². The minimum Gasteiger partial charge on any atom is -0.508 e. The number of methoxy groups -OCH3 is 1. The average molecular weight is 263 g/mol. The first-order valence-corrected chi connectivity index (χ1v) is 6.37. The maximum Gasteiger partial charge on any atom is 0.305 e. The first-order valence-electron chi connectivity index (χ1n) is 5.49. The van der Waals surface area contributed by atoms with Crippen molar-refractivity contribution in [1.29, 1.82) is 0 Å².